The highest BCUT2D eigenvalue weighted by molar-refractivity contribution is 5.86. The summed E-state index contributed by atoms with van der Waals surface area (Å²) in [7, 11) is 6.88. The second-order valence-electron chi connectivity index (χ2n) is 17.0. The number of aromatic amines is 1. The average Bonchev–Trinajstić information content (AvgIpc) is 3.71. The lowest BCUT2D eigenvalue weighted by Gasteiger charge is -2.59. The minimum atomic E-state index is -0.599. The third-order valence-electron chi connectivity index (χ3n) is 15.1. The molecule has 3 aromatic rings. The van der Waals surface area contributed by atoms with Crippen LogP contribution in [0.15, 0.2) is 48.0 Å². The monoisotopic (exact) mass is 720 g/mol. The molecule has 5 heterocycles. The fraction of sp³-hybridized carbons (Fsp3) is 0.591. The van der Waals surface area contributed by atoms with Gasteiger partial charge in [0.2, 0.25) is 0 Å². The zero-order valence-electron chi connectivity index (χ0n) is 32.2. The molecule has 2 saturated carbocycles. The summed E-state index contributed by atoms with van der Waals surface area (Å²) in [5.74, 6) is 2.00. The Morgan fingerprint density at radius 3 is 2.62 bits per heavy atom. The Hall–Kier alpha value is -3.82. The van der Waals surface area contributed by atoms with Crippen LogP contribution in [0.4, 0.5) is 5.69 Å². The first-order valence-corrected chi connectivity index (χ1v) is 20.1. The molecule has 0 amide bonds. The van der Waals surface area contributed by atoms with Crippen molar-refractivity contribution in [1.29, 1.82) is 0 Å². The molecular weight excluding hydrogens is 665 g/mol. The predicted molar refractivity (Wildman–Crippen MR) is 206 cm³/mol. The summed E-state index contributed by atoms with van der Waals surface area (Å²) in [6.45, 7) is 6.51. The van der Waals surface area contributed by atoms with Crippen molar-refractivity contribution >= 4 is 28.5 Å². The predicted octanol–water partition coefficient (Wildman–Crippen LogP) is 6.78. The number of anilines is 1. The van der Waals surface area contributed by atoms with Crippen LogP contribution in [-0.4, -0.2) is 81.4 Å². The number of carbonyl (C=O) groups is 2. The van der Waals surface area contributed by atoms with E-state index in [0.29, 0.717) is 18.3 Å². The second-order valence-corrected chi connectivity index (χ2v) is 17.0. The minimum Gasteiger partial charge on any atom is -0.496 e. The summed E-state index contributed by atoms with van der Waals surface area (Å²) in [4.78, 5) is 34.5. The number of hydrogen-bond donors (Lipinski definition) is 3. The Labute approximate surface area is 313 Å². The van der Waals surface area contributed by atoms with E-state index in [2.05, 4.69) is 76.8 Å². The van der Waals surface area contributed by atoms with Gasteiger partial charge in [0.1, 0.15) is 11.2 Å². The van der Waals surface area contributed by atoms with Crippen molar-refractivity contribution in [2.75, 3.05) is 46.8 Å². The van der Waals surface area contributed by atoms with E-state index in [9.17, 15) is 9.59 Å². The summed E-state index contributed by atoms with van der Waals surface area (Å²) in [5, 5.41) is 8.82. The molecule has 3 N–H and O–H groups in total. The number of nitrogens with zero attached hydrogens (tertiary/aromatic N) is 1. The molecule has 4 bridgehead atoms. The fourth-order valence-electron chi connectivity index (χ4n) is 12.9. The highest BCUT2D eigenvalue weighted by Crippen LogP contribution is 2.61. The summed E-state index contributed by atoms with van der Waals surface area (Å²) in [5.41, 5.74) is 7.88. The Morgan fingerprint density at radius 2 is 1.89 bits per heavy atom. The lowest BCUT2D eigenvalue weighted by atomic mass is 9.54. The number of fused-ring (bicyclic) bond motifs is 8. The van der Waals surface area contributed by atoms with Crippen LogP contribution < -0.4 is 15.4 Å². The van der Waals surface area contributed by atoms with Crippen LogP contribution in [0.25, 0.3) is 10.9 Å². The first-order valence-electron chi connectivity index (χ1n) is 20.1. The van der Waals surface area contributed by atoms with Crippen molar-refractivity contribution in [1.82, 2.24) is 15.2 Å². The van der Waals surface area contributed by atoms with Gasteiger partial charge < -0.3 is 29.8 Å². The molecule has 0 spiro atoms. The Morgan fingerprint density at radius 1 is 1.06 bits per heavy atom. The maximum Gasteiger partial charge on any atom is 0.315 e. The lowest BCUT2D eigenvalue weighted by Crippen LogP contribution is -2.69. The third-order valence-corrected chi connectivity index (χ3v) is 15.1. The van der Waals surface area contributed by atoms with Crippen LogP contribution in [0.2, 0.25) is 0 Å². The zero-order chi connectivity index (χ0) is 36.8. The fourth-order valence-corrected chi connectivity index (χ4v) is 12.9. The molecular formula is C44H56N4O5. The molecule has 7 aliphatic rings. The van der Waals surface area contributed by atoms with Crippen LogP contribution in [-0.2, 0) is 25.5 Å². The van der Waals surface area contributed by atoms with Crippen molar-refractivity contribution in [3.8, 4) is 5.75 Å². The molecule has 10 rings (SSSR count). The number of allylic oxidation sites excluding steroid dienone is 2. The maximum atomic E-state index is 14.3. The minimum absolute atomic E-state index is 0.0123. The summed E-state index contributed by atoms with van der Waals surface area (Å²) < 4.78 is 17.7. The SMILES string of the molecule is C/C=C1\CC2[C@H](C(=O)OC)C(NC)Cc3c([nH]c4ccccc34)[C@@H](c3cc4c(cc3OC)C3CCN5C[C@H]6C[C@H](CC)[C@H]5[C@@](C(=O)OC)(C6)C3N4)C[C@H]12. The molecule has 3 aliphatic carbocycles. The maximum absolute atomic E-state index is 14.3. The Bertz CT molecular complexity index is 1970. The van der Waals surface area contributed by atoms with Crippen molar-refractivity contribution in [2.45, 2.75) is 88.8 Å². The van der Waals surface area contributed by atoms with E-state index >= 15 is 0 Å². The van der Waals surface area contributed by atoms with E-state index in [4.69, 9.17) is 14.2 Å². The number of para-hydroxylation sites is 1. The van der Waals surface area contributed by atoms with Gasteiger partial charge >= 0.3 is 11.9 Å². The van der Waals surface area contributed by atoms with Gasteiger partial charge in [-0.25, -0.2) is 0 Å². The highest BCUT2D eigenvalue weighted by atomic mass is 16.5. The average molecular weight is 721 g/mol. The summed E-state index contributed by atoms with van der Waals surface area (Å²) >= 11 is 0. The standard InChI is InChI=1S/C44H56N4O5/c1-7-24-16-31-28(24)17-32(39-33(26-11-9-10-12-34(26)46-39)19-36(45-3)38(31)42(49)52-5)30-18-35-29(20-37(30)51-4)27-13-14-48-22-23-15-25(8-2)41(48)44(21-23,40(27)47-35)43(50)53-6/h7,9-12,18,20,23,25,27-28,31-32,36,38,40-41,45-47H,8,13-17,19,21-22H2,1-6H3/b24-7+/t23-,25-,27?,28+,31?,32+,36?,38-,40?,41-,44+/m0/s1. The van der Waals surface area contributed by atoms with Gasteiger partial charge in [0, 0.05) is 58.3 Å². The van der Waals surface area contributed by atoms with Crippen LogP contribution in [0.1, 0.15) is 86.6 Å². The van der Waals surface area contributed by atoms with Gasteiger partial charge in [0.15, 0.2) is 0 Å². The molecule has 0 radical (unpaired) electrons. The number of hydrogen-bond acceptors (Lipinski definition) is 8. The van der Waals surface area contributed by atoms with E-state index < -0.39 is 5.41 Å². The van der Waals surface area contributed by atoms with Gasteiger partial charge in [-0.15, -0.1) is 0 Å². The number of nitrogens with one attached hydrogen (secondary N) is 3. The number of carbonyl (C=O) groups excluding carboxylic acids is 2. The van der Waals surface area contributed by atoms with E-state index in [1.165, 1.54) is 41.3 Å². The van der Waals surface area contributed by atoms with Gasteiger partial charge in [-0.3, -0.25) is 14.5 Å². The first kappa shape index (κ1) is 34.9. The first-order chi connectivity index (χ1) is 25.8. The van der Waals surface area contributed by atoms with Crippen LogP contribution in [0, 0.1) is 35.0 Å². The molecule has 4 aliphatic heterocycles. The Kier molecular flexibility index (Phi) is 8.69. The van der Waals surface area contributed by atoms with Gasteiger partial charge in [0.25, 0.3) is 0 Å². The number of rotatable bonds is 6. The third kappa shape index (κ3) is 5.01. The number of ether oxygens (including phenoxy) is 3. The molecule has 1 aromatic heterocycles. The topological polar surface area (TPSA) is 105 Å². The normalized spacial score (nSPS) is 37.4. The molecule has 282 valence electrons. The van der Waals surface area contributed by atoms with E-state index in [1.54, 1.807) is 14.2 Å². The van der Waals surface area contributed by atoms with E-state index in [0.717, 1.165) is 67.7 Å². The molecule has 5 unspecified atom stereocenters. The number of aromatic nitrogens is 1. The van der Waals surface area contributed by atoms with Crippen LogP contribution in [0.5, 0.6) is 5.75 Å². The summed E-state index contributed by atoms with van der Waals surface area (Å²) in [6, 6.07) is 13.3. The zero-order valence-corrected chi connectivity index (χ0v) is 32.2. The van der Waals surface area contributed by atoms with Crippen molar-refractivity contribution < 1.29 is 23.8 Å². The largest absolute Gasteiger partial charge is 0.496 e. The number of esters is 2. The van der Waals surface area contributed by atoms with E-state index in [-0.39, 0.29) is 59.7 Å². The quantitative estimate of drug-likeness (QED) is 0.189. The number of benzene rings is 2. The number of H-pyrrole nitrogens is 1. The smallest absolute Gasteiger partial charge is 0.315 e. The number of methoxy groups -OCH3 is 3. The van der Waals surface area contributed by atoms with E-state index in [1.807, 2.05) is 7.05 Å². The molecule has 9 heteroatoms. The second kappa shape index (κ2) is 13.2. The van der Waals surface area contributed by atoms with Gasteiger partial charge in [0.05, 0.1) is 33.3 Å². The summed E-state index contributed by atoms with van der Waals surface area (Å²) in [6.07, 6.45) is 8.87. The van der Waals surface area contributed by atoms with Crippen molar-refractivity contribution in [3.63, 3.8) is 0 Å². The number of piperidine rings is 2. The molecule has 3 saturated heterocycles. The van der Waals surface area contributed by atoms with Crippen LogP contribution >= 0.6 is 0 Å². The lowest BCUT2D eigenvalue weighted by molar-refractivity contribution is -0.176. The number of likely N-dealkylation sites (N-methyl/N-ethyl adjacent to an activating group) is 1. The Balaban J connectivity index is 1.20. The molecule has 2 aromatic carbocycles. The molecule has 5 fully saturated rings. The molecule has 9 nitrogen and oxygen atoms in total. The van der Waals surface area contributed by atoms with Gasteiger partial charge in [-0.2, -0.15) is 0 Å². The highest BCUT2D eigenvalue weighted by Gasteiger charge is 2.66. The van der Waals surface area contributed by atoms with Crippen molar-refractivity contribution in [3.05, 3.63) is 70.4 Å². The van der Waals surface area contributed by atoms with Gasteiger partial charge in [-0.05, 0) is 112 Å². The van der Waals surface area contributed by atoms with Gasteiger partial charge in [-0.1, -0.05) is 43.2 Å². The van der Waals surface area contributed by atoms with Crippen LogP contribution in [0.3, 0.4) is 0 Å². The van der Waals surface area contributed by atoms with Crippen molar-refractivity contribution in [2.24, 2.45) is 35.0 Å². The molecule has 53 heavy (non-hydrogen) atoms. The molecule has 12 atom stereocenters.